The van der Waals surface area contributed by atoms with Crippen molar-refractivity contribution in [2.45, 2.75) is 94.8 Å². The highest BCUT2D eigenvalue weighted by Crippen LogP contribution is 2.62. The van der Waals surface area contributed by atoms with Crippen molar-refractivity contribution in [3.05, 3.63) is 160 Å². The molecule has 0 spiro atoms. The van der Waals surface area contributed by atoms with E-state index in [0.29, 0.717) is 78.4 Å². The Kier molecular flexibility index (Phi) is 16.7. The summed E-state index contributed by atoms with van der Waals surface area (Å²) in [5.74, 6) is -2.12. The van der Waals surface area contributed by atoms with Crippen molar-refractivity contribution < 1.29 is 52.9 Å². The summed E-state index contributed by atoms with van der Waals surface area (Å²) in [7, 11) is 0. The number of oxime groups is 1. The molecule has 2 heterocycles. The van der Waals surface area contributed by atoms with Gasteiger partial charge in [0.05, 0.1) is 29.8 Å². The zero-order chi connectivity index (χ0) is 49.0. The molecule has 70 heavy (non-hydrogen) atoms. The van der Waals surface area contributed by atoms with Gasteiger partial charge in [-0.1, -0.05) is 54.4 Å². The van der Waals surface area contributed by atoms with E-state index < -0.39 is 40.7 Å². The molecule has 8 rings (SSSR count). The van der Waals surface area contributed by atoms with Crippen molar-refractivity contribution in [1.29, 1.82) is 0 Å². The molecule has 4 aromatic carbocycles. The average molecular weight is 958 g/mol. The number of carbonyl (C=O) groups excluding carboxylic acids is 2. The van der Waals surface area contributed by atoms with Gasteiger partial charge in [-0.25, -0.2) is 4.39 Å². The van der Waals surface area contributed by atoms with E-state index in [-0.39, 0.29) is 56.2 Å². The lowest BCUT2D eigenvalue weighted by molar-refractivity contribution is -0.384. The van der Waals surface area contributed by atoms with Gasteiger partial charge in [0.25, 0.3) is 5.69 Å². The molecule has 7 atom stereocenters. The van der Waals surface area contributed by atoms with Crippen LogP contribution in [0.15, 0.2) is 127 Å². The molecule has 1 amide bonds. The maximum absolute atomic E-state index is 15.2. The topological polar surface area (TPSA) is 179 Å². The van der Waals surface area contributed by atoms with E-state index in [1.165, 1.54) is 30.3 Å². The van der Waals surface area contributed by atoms with E-state index in [4.69, 9.17) is 28.9 Å². The Morgan fingerprint density at radius 1 is 0.957 bits per heavy atom. The van der Waals surface area contributed by atoms with Gasteiger partial charge in [0.15, 0.2) is 0 Å². The highest BCUT2D eigenvalue weighted by atomic mass is 19.1. The van der Waals surface area contributed by atoms with Crippen molar-refractivity contribution in [2.75, 3.05) is 26.4 Å². The van der Waals surface area contributed by atoms with Gasteiger partial charge in [-0.05, 0) is 128 Å². The second-order valence-corrected chi connectivity index (χ2v) is 18.2. The summed E-state index contributed by atoms with van der Waals surface area (Å²) in [6.07, 6.45) is 13.7. The molecule has 1 unspecified atom stereocenters. The predicted octanol–water partition coefficient (Wildman–Crippen LogP) is 10.2. The number of carbonyl (C=O) groups is 2. The van der Waals surface area contributed by atoms with E-state index in [0.717, 1.165) is 43.1 Å². The van der Waals surface area contributed by atoms with Gasteiger partial charge < -0.3 is 38.9 Å². The Labute approximate surface area is 407 Å². The van der Waals surface area contributed by atoms with Crippen LogP contribution in [0.4, 0.5) is 10.1 Å². The number of nitro groups is 1. The molecule has 2 fully saturated rings. The summed E-state index contributed by atoms with van der Waals surface area (Å²) in [4.78, 5) is 45.9. The van der Waals surface area contributed by atoms with E-state index in [9.17, 15) is 29.5 Å². The minimum Gasteiger partial charge on any atom is -0.459 e. The fourth-order valence-corrected chi connectivity index (χ4v) is 10.5. The standard InChI is InChI=1S/C55H60FN3O11/c1-2-29-67-55-50(58(35-38-15-20-41(56)21-16-38)51(63)26-19-37-17-22-42(23-18-37)59(64)65)34-48(57-70-52-14-5-8-30-66-52)46-32-40(11-3-6-27-60)45(13-4-7-28-61)53(54(46)55)47-33-44(24-25-49(47)69-55)68-43-12-9-10-39(31-43)36-62/h2,9-10,12,15-26,31-33,36,40,45,50,52-54,60-61H,1,3-8,11,13-14,27-30,34-35H2/t40-,45+,50-,52?,53+,54+,55+/m0/s1. The van der Waals surface area contributed by atoms with Crippen molar-refractivity contribution in [3.63, 3.8) is 0 Å². The maximum Gasteiger partial charge on any atom is 0.269 e. The van der Waals surface area contributed by atoms with E-state index >= 15 is 4.79 Å². The molecule has 0 aromatic heterocycles. The summed E-state index contributed by atoms with van der Waals surface area (Å²) >= 11 is 0. The number of nitro benzene ring substituents is 1. The number of allylic oxidation sites excluding steroid dienone is 1. The number of ether oxygens (including phenoxy) is 4. The molecule has 14 nitrogen and oxygen atoms in total. The molecule has 368 valence electrons. The van der Waals surface area contributed by atoms with Crippen LogP contribution >= 0.6 is 0 Å². The van der Waals surface area contributed by atoms with Crippen LogP contribution in [-0.2, 0) is 25.7 Å². The molecule has 15 heteroatoms. The smallest absolute Gasteiger partial charge is 0.269 e. The second kappa shape index (κ2) is 23.4. The fourth-order valence-electron chi connectivity index (χ4n) is 10.5. The van der Waals surface area contributed by atoms with Crippen molar-refractivity contribution in [3.8, 4) is 17.2 Å². The van der Waals surface area contributed by atoms with E-state index in [1.54, 1.807) is 71.6 Å². The van der Waals surface area contributed by atoms with Crippen molar-refractivity contribution >= 4 is 29.7 Å². The number of nitrogens with zero attached hydrogens (tertiary/aromatic N) is 3. The summed E-state index contributed by atoms with van der Waals surface area (Å²) in [6, 6.07) is 23.4. The third-order valence-electron chi connectivity index (χ3n) is 13.7. The van der Waals surface area contributed by atoms with E-state index in [2.05, 4.69) is 12.7 Å². The minimum absolute atomic E-state index is 0.00352. The summed E-state index contributed by atoms with van der Waals surface area (Å²) in [6.45, 7) is 4.66. The third-order valence-corrected chi connectivity index (χ3v) is 13.7. The second-order valence-electron chi connectivity index (χ2n) is 18.2. The first kappa shape index (κ1) is 49.9. The Bertz CT molecular complexity index is 2560. The molecule has 1 saturated carbocycles. The number of rotatable bonds is 22. The number of amides is 1. The molecule has 1 saturated heterocycles. The number of halogens is 1. The molecular formula is C55H60FN3O11. The first-order chi connectivity index (χ1) is 34.1. The number of fused-ring (bicyclic) bond motifs is 2. The minimum atomic E-state index is -1.61. The Hall–Kier alpha value is -6.52. The lowest BCUT2D eigenvalue weighted by atomic mass is 9.55. The molecule has 4 aromatic rings. The summed E-state index contributed by atoms with van der Waals surface area (Å²) < 4.78 is 41.5. The van der Waals surface area contributed by atoms with Crippen LogP contribution in [0.25, 0.3) is 6.08 Å². The van der Waals surface area contributed by atoms with Crippen LogP contribution in [0.5, 0.6) is 17.2 Å². The molecule has 0 radical (unpaired) electrons. The van der Waals surface area contributed by atoms with Gasteiger partial charge in [0.1, 0.15) is 35.4 Å². The summed E-state index contributed by atoms with van der Waals surface area (Å²) in [5.41, 5.74) is 3.81. The number of non-ortho nitro benzene ring substituents is 1. The van der Waals surface area contributed by atoms with Crippen LogP contribution in [0.3, 0.4) is 0 Å². The normalized spacial score (nSPS) is 24.2. The van der Waals surface area contributed by atoms with Gasteiger partial charge >= 0.3 is 0 Å². The Morgan fingerprint density at radius 3 is 2.44 bits per heavy atom. The zero-order valence-corrected chi connectivity index (χ0v) is 39.1. The maximum atomic E-state index is 15.2. The largest absolute Gasteiger partial charge is 0.459 e. The highest BCUT2D eigenvalue weighted by molar-refractivity contribution is 6.03. The number of aliphatic hydroxyl groups is 2. The molecule has 2 aliphatic carbocycles. The number of hydrogen-bond donors (Lipinski definition) is 2. The van der Waals surface area contributed by atoms with Crippen LogP contribution in [0.2, 0.25) is 0 Å². The number of benzene rings is 4. The van der Waals surface area contributed by atoms with Gasteiger partial charge in [0, 0.05) is 67.9 Å². The molecule has 2 N–H and O–H groups in total. The van der Waals surface area contributed by atoms with Crippen LogP contribution in [-0.4, -0.2) is 82.5 Å². The quantitative estimate of drug-likeness (QED) is 0.0191. The lowest BCUT2D eigenvalue weighted by Gasteiger charge is -2.60. The molecule has 2 aliphatic heterocycles. The third kappa shape index (κ3) is 11.4. The first-order valence-corrected chi connectivity index (χ1v) is 24.2. The Morgan fingerprint density at radius 2 is 1.73 bits per heavy atom. The molecular weight excluding hydrogens is 898 g/mol. The Balaban J connectivity index is 1.34. The predicted molar refractivity (Wildman–Crippen MR) is 261 cm³/mol. The van der Waals surface area contributed by atoms with Gasteiger partial charge in [-0.15, -0.1) is 6.58 Å². The van der Waals surface area contributed by atoms with E-state index in [1.807, 2.05) is 12.1 Å². The van der Waals surface area contributed by atoms with Crippen molar-refractivity contribution in [2.24, 2.45) is 22.9 Å². The molecule has 0 bridgehead atoms. The average Bonchev–Trinajstić information content (AvgIpc) is 3.38. The van der Waals surface area contributed by atoms with Crippen LogP contribution < -0.4 is 9.47 Å². The van der Waals surface area contributed by atoms with Gasteiger partial charge in [-0.3, -0.25) is 19.7 Å². The summed E-state index contributed by atoms with van der Waals surface area (Å²) in [5, 5.41) is 36.4. The van der Waals surface area contributed by atoms with Gasteiger partial charge in [-0.2, -0.15) is 0 Å². The number of aliphatic hydroxyl groups excluding tert-OH is 2. The first-order valence-electron chi connectivity index (χ1n) is 24.2. The van der Waals surface area contributed by atoms with Crippen LogP contribution in [0.1, 0.15) is 97.2 Å². The van der Waals surface area contributed by atoms with Crippen molar-refractivity contribution in [1.82, 2.24) is 4.90 Å². The number of aldehydes is 1. The lowest BCUT2D eigenvalue weighted by Crippen LogP contribution is -2.70. The van der Waals surface area contributed by atoms with Crippen LogP contribution in [0, 0.1) is 33.7 Å². The number of unbranched alkanes of at least 4 members (excludes halogenated alkanes) is 2. The fraction of sp³-hybridized carbons (Fsp3) is 0.400. The highest BCUT2D eigenvalue weighted by Gasteiger charge is 2.65. The molecule has 4 aliphatic rings. The van der Waals surface area contributed by atoms with Gasteiger partial charge in [0.2, 0.25) is 18.0 Å². The zero-order valence-electron chi connectivity index (χ0n) is 39.1. The monoisotopic (exact) mass is 957 g/mol. The SMILES string of the molecule is C=CCO[C@@]12Oc3ccc(Oc4cccc(C=O)c4)cc3[C@H]3[C@H](CCCCO)[C@@H](CCCCO)C=C(C(=NOC4CCCCO4)C[C@@H]1N(Cc1ccc(F)cc1)C(=O)C=Cc1ccc([N+](=O)[O-])cc1)[C@H]32. The number of hydrogen-bond acceptors (Lipinski definition) is 12.